The van der Waals surface area contributed by atoms with Gasteiger partial charge in [0.25, 0.3) is 0 Å². The van der Waals surface area contributed by atoms with Gasteiger partial charge in [-0.05, 0) is 24.6 Å². The number of hydrogen-bond acceptors (Lipinski definition) is 3. The van der Waals surface area contributed by atoms with Crippen LogP contribution in [0.5, 0.6) is 0 Å². The maximum Gasteiger partial charge on any atom is 0.218 e. The van der Waals surface area contributed by atoms with E-state index in [9.17, 15) is 8.42 Å². The minimum absolute atomic E-state index is 0.0351. The molecule has 2 aromatic rings. The SMILES string of the molecule is Cc1cccc(CS(=O)(=O)N(C)CCc2ccccn2)c1. The topological polar surface area (TPSA) is 50.3 Å². The van der Waals surface area contributed by atoms with E-state index in [1.807, 2.05) is 49.4 Å². The van der Waals surface area contributed by atoms with Crippen molar-refractivity contribution in [3.63, 3.8) is 0 Å². The Balaban J connectivity index is 1.98. The second-order valence-electron chi connectivity index (χ2n) is 5.14. The van der Waals surface area contributed by atoms with E-state index in [1.54, 1.807) is 13.2 Å². The maximum absolute atomic E-state index is 12.3. The average molecular weight is 304 g/mol. The minimum Gasteiger partial charge on any atom is -0.261 e. The van der Waals surface area contributed by atoms with Crippen molar-refractivity contribution in [2.24, 2.45) is 0 Å². The van der Waals surface area contributed by atoms with Crippen LogP contribution in [0.1, 0.15) is 16.8 Å². The van der Waals surface area contributed by atoms with Crippen LogP contribution in [0.25, 0.3) is 0 Å². The molecule has 0 radical (unpaired) electrons. The van der Waals surface area contributed by atoms with Crippen LogP contribution in [0.3, 0.4) is 0 Å². The number of benzene rings is 1. The molecule has 0 unspecified atom stereocenters. The first kappa shape index (κ1) is 15.7. The molecule has 1 aromatic carbocycles. The average Bonchev–Trinajstić information content (AvgIpc) is 2.45. The molecule has 0 saturated carbocycles. The number of pyridine rings is 1. The predicted molar refractivity (Wildman–Crippen MR) is 84.4 cm³/mol. The van der Waals surface area contributed by atoms with Crippen LogP contribution in [0.4, 0.5) is 0 Å². The molecule has 1 aromatic heterocycles. The van der Waals surface area contributed by atoms with Gasteiger partial charge >= 0.3 is 0 Å². The number of likely N-dealkylation sites (N-methyl/N-ethyl adjacent to an activating group) is 1. The molecule has 112 valence electrons. The van der Waals surface area contributed by atoms with Crippen LogP contribution < -0.4 is 0 Å². The summed E-state index contributed by atoms with van der Waals surface area (Å²) >= 11 is 0. The number of sulfonamides is 1. The van der Waals surface area contributed by atoms with Crippen molar-refractivity contribution < 1.29 is 8.42 Å². The molecule has 0 N–H and O–H groups in total. The van der Waals surface area contributed by atoms with Gasteiger partial charge in [0.05, 0.1) is 5.75 Å². The molecule has 0 aliphatic rings. The molecule has 0 aliphatic carbocycles. The zero-order valence-electron chi connectivity index (χ0n) is 12.4. The monoisotopic (exact) mass is 304 g/mol. The lowest BCUT2D eigenvalue weighted by Crippen LogP contribution is -2.30. The Bertz CT molecular complexity index is 684. The van der Waals surface area contributed by atoms with E-state index >= 15 is 0 Å². The highest BCUT2D eigenvalue weighted by molar-refractivity contribution is 7.88. The fourth-order valence-electron chi connectivity index (χ4n) is 2.08. The van der Waals surface area contributed by atoms with Crippen LogP contribution in [-0.2, 0) is 22.2 Å². The summed E-state index contributed by atoms with van der Waals surface area (Å²) in [5.74, 6) is 0.0351. The van der Waals surface area contributed by atoms with Crippen molar-refractivity contribution in [2.75, 3.05) is 13.6 Å². The van der Waals surface area contributed by atoms with Crippen molar-refractivity contribution in [3.05, 3.63) is 65.5 Å². The fraction of sp³-hybridized carbons (Fsp3) is 0.312. The Morgan fingerprint density at radius 2 is 1.95 bits per heavy atom. The van der Waals surface area contributed by atoms with E-state index in [4.69, 9.17) is 0 Å². The molecule has 0 saturated heterocycles. The van der Waals surface area contributed by atoms with Gasteiger partial charge in [0.15, 0.2) is 0 Å². The number of hydrogen-bond donors (Lipinski definition) is 0. The largest absolute Gasteiger partial charge is 0.261 e. The van der Waals surface area contributed by atoms with Gasteiger partial charge in [0, 0.05) is 31.9 Å². The zero-order valence-corrected chi connectivity index (χ0v) is 13.2. The van der Waals surface area contributed by atoms with E-state index in [1.165, 1.54) is 4.31 Å². The van der Waals surface area contributed by atoms with Gasteiger partial charge in [0.1, 0.15) is 0 Å². The smallest absolute Gasteiger partial charge is 0.218 e. The second kappa shape index (κ2) is 6.83. The van der Waals surface area contributed by atoms with Crippen LogP contribution in [0.2, 0.25) is 0 Å². The first-order chi connectivity index (χ1) is 9.97. The Morgan fingerprint density at radius 3 is 2.62 bits per heavy atom. The lowest BCUT2D eigenvalue weighted by Gasteiger charge is -2.17. The standard InChI is InChI=1S/C16H20N2O2S/c1-14-6-5-7-15(12-14)13-21(19,20)18(2)11-9-16-8-3-4-10-17-16/h3-8,10,12H,9,11,13H2,1-2H3. The number of aryl methyl sites for hydroxylation is 1. The van der Waals surface area contributed by atoms with Crippen molar-refractivity contribution in [1.82, 2.24) is 9.29 Å². The van der Waals surface area contributed by atoms with E-state index in [0.717, 1.165) is 16.8 Å². The van der Waals surface area contributed by atoms with Crippen molar-refractivity contribution in [1.29, 1.82) is 0 Å². The number of aromatic nitrogens is 1. The molecular weight excluding hydrogens is 284 g/mol. The fourth-order valence-corrected chi connectivity index (χ4v) is 3.27. The summed E-state index contributed by atoms with van der Waals surface area (Å²) in [4.78, 5) is 4.21. The summed E-state index contributed by atoms with van der Waals surface area (Å²) in [7, 11) is -1.68. The third-order valence-electron chi connectivity index (χ3n) is 3.32. The normalized spacial score (nSPS) is 11.8. The highest BCUT2D eigenvalue weighted by atomic mass is 32.2. The van der Waals surface area contributed by atoms with Crippen LogP contribution in [-0.4, -0.2) is 31.3 Å². The highest BCUT2D eigenvalue weighted by Gasteiger charge is 2.18. The van der Waals surface area contributed by atoms with E-state index in [-0.39, 0.29) is 5.75 Å². The van der Waals surface area contributed by atoms with Crippen molar-refractivity contribution >= 4 is 10.0 Å². The van der Waals surface area contributed by atoms with Crippen LogP contribution in [0, 0.1) is 6.92 Å². The summed E-state index contributed by atoms with van der Waals surface area (Å²) in [5.41, 5.74) is 2.79. The molecule has 0 spiro atoms. The Kier molecular flexibility index (Phi) is 5.09. The summed E-state index contributed by atoms with van der Waals surface area (Å²) < 4.78 is 26.1. The zero-order chi connectivity index (χ0) is 15.3. The van der Waals surface area contributed by atoms with E-state index in [0.29, 0.717) is 13.0 Å². The number of rotatable bonds is 6. The molecule has 21 heavy (non-hydrogen) atoms. The molecule has 1 heterocycles. The second-order valence-corrected chi connectivity index (χ2v) is 7.21. The van der Waals surface area contributed by atoms with Crippen molar-refractivity contribution in [3.8, 4) is 0 Å². The van der Waals surface area contributed by atoms with Gasteiger partial charge in [-0.1, -0.05) is 35.9 Å². The molecule has 0 amide bonds. The Labute approximate surface area is 126 Å². The van der Waals surface area contributed by atoms with Crippen molar-refractivity contribution in [2.45, 2.75) is 19.1 Å². The summed E-state index contributed by atoms with van der Waals surface area (Å²) in [5, 5.41) is 0. The first-order valence-electron chi connectivity index (χ1n) is 6.87. The van der Waals surface area contributed by atoms with Gasteiger partial charge in [-0.25, -0.2) is 12.7 Å². The molecular formula is C16H20N2O2S. The van der Waals surface area contributed by atoms with Crippen LogP contribution in [0.15, 0.2) is 48.7 Å². The van der Waals surface area contributed by atoms with Gasteiger partial charge in [0.2, 0.25) is 10.0 Å². The summed E-state index contributed by atoms with van der Waals surface area (Å²) in [6.45, 7) is 2.39. The lowest BCUT2D eigenvalue weighted by molar-refractivity contribution is 0.470. The summed E-state index contributed by atoms with van der Waals surface area (Å²) in [6, 6.07) is 13.3. The van der Waals surface area contributed by atoms with E-state index in [2.05, 4.69) is 4.98 Å². The molecule has 0 aliphatic heterocycles. The molecule has 0 fully saturated rings. The van der Waals surface area contributed by atoms with Crippen LogP contribution >= 0.6 is 0 Å². The maximum atomic E-state index is 12.3. The first-order valence-corrected chi connectivity index (χ1v) is 8.48. The third-order valence-corrected chi connectivity index (χ3v) is 5.15. The van der Waals surface area contributed by atoms with Gasteiger partial charge in [-0.2, -0.15) is 0 Å². The Hall–Kier alpha value is -1.72. The lowest BCUT2D eigenvalue weighted by atomic mass is 10.2. The Morgan fingerprint density at radius 1 is 1.14 bits per heavy atom. The molecule has 4 nitrogen and oxygen atoms in total. The molecule has 0 atom stereocenters. The van der Waals surface area contributed by atoms with Gasteiger partial charge < -0.3 is 0 Å². The predicted octanol–water partition coefficient (Wildman–Crippen LogP) is 2.39. The minimum atomic E-state index is -3.29. The van der Waals surface area contributed by atoms with E-state index < -0.39 is 10.0 Å². The highest BCUT2D eigenvalue weighted by Crippen LogP contribution is 2.11. The molecule has 5 heteroatoms. The summed E-state index contributed by atoms with van der Waals surface area (Å²) in [6.07, 6.45) is 2.33. The molecule has 2 rings (SSSR count). The van der Waals surface area contributed by atoms with Gasteiger partial charge in [-0.3, -0.25) is 4.98 Å². The number of nitrogens with zero attached hydrogens (tertiary/aromatic N) is 2. The third kappa shape index (κ3) is 4.65. The van der Waals surface area contributed by atoms with Gasteiger partial charge in [-0.15, -0.1) is 0 Å². The quantitative estimate of drug-likeness (QED) is 0.823. The molecule has 0 bridgehead atoms.